The zero-order chi connectivity index (χ0) is 27.8. The highest BCUT2D eigenvalue weighted by atomic mass is 16.5. The average molecular weight is 512 g/mol. The Morgan fingerprint density at radius 1 is 0.972 bits per heavy atom. The lowest BCUT2D eigenvalue weighted by atomic mass is 9.84. The molecule has 0 aliphatic heterocycles. The summed E-state index contributed by atoms with van der Waals surface area (Å²) in [4.78, 5) is 25.0. The molecule has 0 fully saturated rings. The lowest BCUT2D eigenvalue weighted by molar-refractivity contribution is -0.159. The molecule has 0 unspecified atom stereocenters. The molecule has 7 heteroatoms. The van der Waals surface area contributed by atoms with Gasteiger partial charge < -0.3 is 23.8 Å². The van der Waals surface area contributed by atoms with Crippen LogP contribution in [0.5, 0.6) is 0 Å². The Labute approximate surface area is 220 Å². The minimum absolute atomic E-state index is 0.0194. The topological polar surface area (TPSA) is 74.3 Å². The van der Waals surface area contributed by atoms with Crippen LogP contribution in [0.15, 0.2) is 24.6 Å². The van der Waals surface area contributed by atoms with E-state index >= 15 is 0 Å². The first-order chi connectivity index (χ1) is 16.9. The summed E-state index contributed by atoms with van der Waals surface area (Å²) in [6, 6.07) is 0. The van der Waals surface area contributed by atoms with Crippen molar-refractivity contribution in [3.05, 3.63) is 24.6 Å². The fourth-order valence-electron chi connectivity index (χ4n) is 4.30. The van der Waals surface area contributed by atoms with Crippen molar-refractivity contribution >= 4 is 12.4 Å². The van der Waals surface area contributed by atoms with Gasteiger partial charge in [-0.05, 0) is 25.2 Å². The molecule has 0 aliphatic carbocycles. The van der Waals surface area contributed by atoms with Crippen LogP contribution in [-0.4, -0.2) is 63.0 Å². The summed E-state index contributed by atoms with van der Waals surface area (Å²) in [6.07, 6.45) is 8.02. The van der Waals surface area contributed by atoms with Crippen LogP contribution in [0, 0.1) is 23.7 Å². The number of ether oxygens (including phenoxy) is 4. The predicted octanol–water partition coefficient (Wildman–Crippen LogP) is 5.98. The molecule has 36 heavy (non-hydrogen) atoms. The molecule has 0 bridgehead atoms. The number of esters is 1. The van der Waals surface area contributed by atoms with Gasteiger partial charge >= 0.3 is 5.97 Å². The van der Waals surface area contributed by atoms with Gasteiger partial charge in [0.15, 0.2) is 0 Å². The molecule has 7 atom stereocenters. The molecule has 0 saturated heterocycles. The molecule has 0 heterocycles. The summed E-state index contributed by atoms with van der Waals surface area (Å²) >= 11 is 0. The van der Waals surface area contributed by atoms with E-state index in [-0.39, 0.29) is 54.1 Å². The second-order valence-electron chi connectivity index (χ2n) is 10.3. The van der Waals surface area contributed by atoms with Crippen molar-refractivity contribution in [2.75, 3.05) is 21.3 Å². The van der Waals surface area contributed by atoms with Crippen LogP contribution in [0.1, 0.15) is 80.6 Å². The fraction of sp³-hybridized carbons (Fsp3) is 0.793. The van der Waals surface area contributed by atoms with Crippen molar-refractivity contribution in [1.29, 1.82) is 0 Å². The quantitative estimate of drug-likeness (QED) is 0.114. The highest BCUT2D eigenvalue weighted by Crippen LogP contribution is 2.29. The van der Waals surface area contributed by atoms with Gasteiger partial charge in [0.2, 0.25) is 6.41 Å². The highest BCUT2D eigenvalue weighted by Gasteiger charge is 2.33. The predicted molar refractivity (Wildman–Crippen MR) is 145 cm³/mol. The minimum atomic E-state index is -0.303. The number of nitrogens with zero attached hydrogens (tertiary/aromatic N) is 1. The maximum absolute atomic E-state index is 12.6. The molecule has 7 nitrogen and oxygen atoms in total. The first-order valence-electron chi connectivity index (χ1n) is 13.4. The number of methoxy groups -OCH3 is 2. The van der Waals surface area contributed by atoms with E-state index in [1.807, 2.05) is 33.8 Å². The third-order valence-electron chi connectivity index (χ3n) is 6.95. The second-order valence-corrected chi connectivity index (χ2v) is 10.3. The molecular formula is C29H53NO6. The summed E-state index contributed by atoms with van der Waals surface area (Å²) in [6.45, 7) is 18.1. The number of carbonyl (C=O) groups is 2. The van der Waals surface area contributed by atoms with Crippen LogP contribution in [0.4, 0.5) is 0 Å². The summed E-state index contributed by atoms with van der Waals surface area (Å²) in [5.41, 5.74) is 0. The summed E-state index contributed by atoms with van der Waals surface area (Å²) < 4.78 is 23.7. The van der Waals surface area contributed by atoms with E-state index in [4.69, 9.17) is 18.9 Å². The number of hydrogen-bond donors (Lipinski definition) is 0. The largest absolute Gasteiger partial charge is 0.495 e. The Morgan fingerprint density at radius 3 is 2.08 bits per heavy atom. The molecule has 210 valence electrons. The number of allylic oxidation sites excluding steroid dienone is 1. The normalized spacial score (nSPS) is 17.6. The maximum atomic E-state index is 12.6. The molecule has 0 rings (SSSR count). The average Bonchev–Trinajstić information content (AvgIpc) is 2.86. The van der Waals surface area contributed by atoms with E-state index in [9.17, 15) is 9.59 Å². The van der Waals surface area contributed by atoms with Crippen molar-refractivity contribution in [3.63, 3.8) is 0 Å². The maximum Gasteiger partial charge on any atom is 0.308 e. The zero-order valence-corrected chi connectivity index (χ0v) is 24.5. The first-order valence-corrected chi connectivity index (χ1v) is 13.4. The lowest BCUT2D eigenvalue weighted by Crippen LogP contribution is -2.39. The molecule has 0 radical (unpaired) electrons. The molecular weight excluding hydrogens is 458 g/mol. The molecule has 0 saturated carbocycles. The Kier molecular flexibility index (Phi) is 17.4. The number of rotatable bonds is 20. The van der Waals surface area contributed by atoms with Crippen molar-refractivity contribution in [2.45, 2.75) is 105 Å². The van der Waals surface area contributed by atoms with Gasteiger partial charge in [-0.1, -0.05) is 61.1 Å². The third-order valence-corrected chi connectivity index (χ3v) is 6.95. The van der Waals surface area contributed by atoms with Gasteiger partial charge in [0.05, 0.1) is 23.9 Å². The van der Waals surface area contributed by atoms with Crippen molar-refractivity contribution in [1.82, 2.24) is 4.90 Å². The van der Waals surface area contributed by atoms with Gasteiger partial charge in [0.1, 0.15) is 12.2 Å². The van der Waals surface area contributed by atoms with E-state index in [0.29, 0.717) is 6.42 Å². The van der Waals surface area contributed by atoms with Crippen molar-refractivity contribution in [2.24, 2.45) is 23.7 Å². The minimum Gasteiger partial charge on any atom is -0.495 e. The standard InChI is InChI=1S/C29H53NO6/c1-12-23(7)35-25(13-2)18-27(33-10)21(5)14-15-26(36-29(32)20(3)4)24(8)28(34-11)22(6)16-17-30(9)19-31/h16-17,19-22,24-28H,7,12-15,18H2,1-6,8-11H3/b17-16+/t21-,22+,24-,25+,26+,27-,28+/m0/s1. The SMILES string of the molecule is C=C(CC)O[C@H](CC)C[C@H](OC)[C@@H](C)CC[C@@H](OC(=O)C(C)C)[C@H](C)[C@H](OC)[C@H](C)/C=C/N(C)C=O. The Balaban J connectivity index is 5.51. The van der Waals surface area contributed by atoms with Crippen molar-refractivity contribution < 1.29 is 28.5 Å². The van der Waals surface area contributed by atoms with Gasteiger partial charge in [-0.3, -0.25) is 9.59 Å². The molecule has 0 N–H and O–H groups in total. The third kappa shape index (κ3) is 12.4. The van der Waals surface area contributed by atoms with Gasteiger partial charge in [0, 0.05) is 52.1 Å². The fourth-order valence-corrected chi connectivity index (χ4v) is 4.30. The van der Waals surface area contributed by atoms with E-state index in [1.54, 1.807) is 27.5 Å². The van der Waals surface area contributed by atoms with Gasteiger partial charge in [-0.15, -0.1) is 0 Å². The van der Waals surface area contributed by atoms with Gasteiger partial charge in [-0.25, -0.2) is 0 Å². The zero-order valence-electron chi connectivity index (χ0n) is 24.5. The lowest BCUT2D eigenvalue weighted by Gasteiger charge is -2.34. The highest BCUT2D eigenvalue weighted by molar-refractivity contribution is 5.71. The van der Waals surface area contributed by atoms with Crippen LogP contribution in [0.2, 0.25) is 0 Å². The number of hydrogen-bond acceptors (Lipinski definition) is 6. The molecule has 0 aromatic rings. The van der Waals surface area contributed by atoms with Gasteiger partial charge in [-0.2, -0.15) is 0 Å². The molecule has 0 aliphatic rings. The number of carbonyl (C=O) groups excluding carboxylic acids is 2. The molecule has 0 spiro atoms. The van der Waals surface area contributed by atoms with E-state index in [1.165, 1.54) is 4.90 Å². The Morgan fingerprint density at radius 2 is 1.61 bits per heavy atom. The Hall–Kier alpha value is -1.86. The first kappa shape index (κ1) is 34.1. The Bertz CT molecular complexity index is 664. The monoisotopic (exact) mass is 511 g/mol. The summed E-state index contributed by atoms with van der Waals surface area (Å²) in [5.74, 6) is 0.593. The smallest absolute Gasteiger partial charge is 0.308 e. The number of amides is 1. The van der Waals surface area contributed by atoms with Crippen LogP contribution in [0.3, 0.4) is 0 Å². The van der Waals surface area contributed by atoms with Crippen molar-refractivity contribution in [3.8, 4) is 0 Å². The van der Waals surface area contributed by atoms with Crippen LogP contribution < -0.4 is 0 Å². The van der Waals surface area contributed by atoms with E-state index < -0.39 is 0 Å². The molecule has 1 amide bonds. The summed E-state index contributed by atoms with van der Waals surface area (Å²) in [7, 11) is 5.11. The van der Waals surface area contributed by atoms with Gasteiger partial charge in [0.25, 0.3) is 0 Å². The van der Waals surface area contributed by atoms with Crippen LogP contribution >= 0.6 is 0 Å². The van der Waals surface area contributed by atoms with Crippen LogP contribution in [-0.2, 0) is 28.5 Å². The molecule has 0 aromatic carbocycles. The summed E-state index contributed by atoms with van der Waals surface area (Å²) in [5, 5.41) is 0. The second kappa shape index (κ2) is 18.4. The molecule has 0 aromatic heterocycles. The van der Waals surface area contributed by atoms with Crippen LogP contribution in [0.25, 0.3) is 0 Å². The van der Waals surface area contributed by atoms with E-state index in [0.717, 1.165) is 37.9 Å². The van der Waals surface area contributed by atoms with E-state index in [2.05, 4.69) is 27.4 Å².